The summed E-state index contributed by atoms with van der Waals surface area (Å²) in [5, 5.41) is 0.105. The average molecular weight is 325 g/mol. The van der Waals surface area contributed by atoms with E-state index in [2.05, 4.69) is 38.8 Å². The van der Waals surface area contributed by atoms with Crippen molar-refractivity contribution in [3.8, 4) is 5.88 Å². The Balaban J connectivity index is 3.03. The summed E-state index contributed by atoms with van der Waals surface area (Å²) in [6.07, 6.45) is 1.49. The van der Waals surface area contributed by atoms with Gasteiger partial charge < -0.3 is 13.9 Å². The zero-order chi connectivity index (χ0) is 17.0. The molecule has 124 valence electrons. The second kappa shape index (κ2) is 7.24. The number of nitrogens with zero attached hydrogens (tertiary/aromatic N) is 1. The van der Waals surface area contributed by atoms with E-state index in [0.29, 0.717) is 24.7 Å². The molecule has 0 bridgehead atoms. The number of hydrogen-bond acceptors (Lipinski definition) is 5. The molecule has 0 atom stereocenters. The molecule has 0 radical (unpaired) electrons. The summed E-state index contributed by atoms with van der Waals surface area (Å²) in [7, 11) is -0.358. The van der Waals surface area contributed by atoms with Crippen molar-refractivity contribution in [2.24, 2.45) is 0 Å². The van der Waals surface area contributed by atoms with E-state index in [9.17, 15) is 4.79 Å². The smallest absolute Gasteiger partial charge is 0.340 e. The number of ether oxygens (including phenoxy) is 2. The number of carbonyl (C=O) groups is 1. The number of carbonyl (C=O) groups excluding carboxylic acids is 1. The Morgan fingerprint density at radius 3 is 2.45 bits per heavy atom. The van der Waals surface area contributed by atoms with Gasteiger partial charge in [0.15, 0.2) is 8.32 Å². The minimum absolute atomic E-state index is 0.105. The van der Waals surface area contributed by atoms with Crippen LogP contribution in [0.25, 0.3) is 0 Å². The fourth-order valence-electron chi connectivity index (χ4n) is 1.57. The zero-order valence-electron chi connectivity index (χ0n) is 14.6. The van der Waals surface area contributed by atoms with Crippen LogP contribution >= 0.6 is 0 Å². The van der Waals surface area contributed by atoms with Crippen LogP contribution in [-0.2, 0) is 15.8 Å². The Kier molecular flexibility index (Phi) is 6.14. The van der Waals surface area contributed by atoms with E-state index in [0.717, 1.165) is 5.56 Å². The summed E-state index contributed by atoms with van der Waals surface area (Å²) in [5.74, 6) is 0.0772. The van der Waals surface area contributed by atoms with Gasteiger partial charge in [0.1, 0.15) is 0 Å². The minimum atomic E-state index is -1.90. The highest BCUT2D eigenvalue weighted by atomic mass is 28.4. The molecule has 1 heterocycles. The summed E-state index contributed by atoms with van der Waals surface area (Å²) in [6.45, 7) is 13.3. The van der Waals surface area contributed by atoms with E-state index in [4.69, 9.17) is 13.9 Å². The third kappa shape index (κ3) is 4.54. The number of pyridine rings is 1. The maximum atomic E-state index is 12.0. The van der Waals surface area contributed by atoms with Gasteiger partial charge >= 0.3 is 5.97 Å². The number of esters is 1. The highest BCUT2D eigenvalue weighted by Crippen LogP contribution is 2.37. The molecule has 0 aromatic carbocycles. The van der Waals surface area contributed by atoms with E-state index < -0.39 is 8.32 Å². The molecule has 22 heavy (non-hydrogen) atoms. The fraction of sp³-hybridized carbons (Fsp3) is 0.625. The van der Waals surface area contributed by atoms with Crippen molar-refractivity contribution in [3.05, 3.63) is 23.4 Å². The Morgan fingerprint density at radius 2 is 1.95 bits per heavy atom. The van der Waals surface area contributed by atoms with E-state index >= 15 is 0 Å². The lowest BCUT2D eigenvalue weighted by molar-refractivity contribution is 0.0522. The van der Waals surface area contributed by atoms with Crippen molar-refractivity contribution in [2.75, 3.05) is 13.7 Å². The maximum absolute atomic E-state index is 12.0. The average Bonchev–Trinajstić information content (AvgIpc) is 2.43. The number of aromatic nitrogens is 1. The summed E-state index contributed by atoms with van der Waals surface area (Å²) in [6, 6.07) is 1.74. The Bertz CT molecular complexity index is 523. The van der Waals surface area contributed by atoms with Crippen molar-refractivity contribution >= 4 is 14.3 Å². The lowest BCUT2D eigenvalue weighted by atomic mass is 10.1. The largest absolute Gasteiger partial charge is 0.481 e. The van der Waals surface area contributed by atoms with Gasteiger partial charge in [-0.2, -0.15) is 0 Å². The number of rotatable bonds is 6. The van der Waals surface area contributed by atoms with Crippen molar-refractivity contribution in [1.82, 2.24) is 4.98 Å². The molecule has 0 saturated carbocycles. The first kappa shape index (κ1) is 18.6. The Hall–Kier alpha value is -1.40. The zero-order valence-corrected chi connectivity index (χ0v) is 15.6. The normalized spacial score (nSPS) is 12.1. The highest BCUT2D eigenvalue weighted by Gasteiger charge is 2.37. The summed E-state index contributed by atoms with van der Waals surface area (Å²) >= 11 is 0. The summed E-state index contributed by atoms with van der Waals surface area (Å²) in [5.41, 5.74) is 1.18. The molecule has 0 unspecified atom stereocenters. The van der Waals surface area contributed by atoms with Gasteiger partial charge in [0.2, 0.25) is 5.88 Å². The van der Waals surface area contributed by atoms with Gasteiger partial charge in [0.05, 0.1) is 25.9 Å². The van der Waals surface area contributed by atoms with Crippen molar-refractivity contribution in [2.45, 2.75) is 52.4 Å². The van der Waals surface area contributed by atoms with Crippen LogP contribution in [0.15, 0.2) is 12.3 Å². The van der Waals surface area contributed by atoms with E-state index in [1.54, 1.807) is 20.1 Å². The van der Waals surface area contributed by atoms with Crippen LogP contribution in [0.2, 0.25) is 18.1 Å². The van der Waals surface area contributed by atoms with Crippen LogP contribution in [0.3, 0.4) is 0 Å². The number of methoxy groups -OCH3 is 1. The quantitative estimate of drug-likeness (QED) is 0.588. The third-order valence-corrected chi connectivity index (χ3v) is 8.54. The van der Waals surface area contributed by atoms with Crippen LogP contribution in [0.5, 0.6) is 5.88 Å². The Morgan fingerprint density at radius 1 is 1.32 bits per heavy atom. The molecule has 6 heteroatoms. The van der Waals surface area contributed by atoms with Crippen LogP contribution < -0.4 is 4.74 Å². The topological polar surface area (TPSA) is 57.7 Å². The molecular weight excluding hydrogens is 298 g/mol. The van der Waals surface area contributed by atoms with Gasteiger partial charge in [-0.15, -0.1) is 0 Å². The molecule has 1 rings (SSSR count). The van der Waals surface area contributed by atoms with Crippen molar-refractivity contribution in [3.63, 3.8) is 0 Å². The maximum Gasteiger partial charge on any atom is 0.340 e. The van der Waals surface area contributed by atoms with Crippen LogP contribution in [0.4, 0.5) is 0 Å². The standard InChI is InChI=1S/C16H27NO4Si/c1-8-20-15(18)13-10-17-14(19-5)9-12(13)11-21-22(6,7)16(2,3)4/h9-10H,8,11H2,1-7H3. The monoisotopic (exact) mass is 325 g/mol. The molecule has 0 N–H and O–H groups in total. The van der Waals surface area contributed by atoms with Gasteiger partial charge in [-0.25, -0.2) is 9.78 Å². The first-order valence-corrected chi connectivity index (χ1v) is 10.4. The first-order valence-electron chi connectivity index (χ1n) is 7.46. The lowest BCUT2D eigenvalue weighted by Crippen LogP contribution is -2.40. The van der Waals surface area contributed by atoms with Crippen molar-refractivity contribution < 1.29 is 18.7 Å². The molecule has 0 saturated heterocycles. The molecule has 1 aromatic heterocycles. The second-order valence-electron chi connectivity index (χ2n) is 6.65. The van der Waals surface area contributed by atoms with Crippen LogP contribution in [0.1, 0.15) is 43.6 Å². The fourth-order valence-corrected chi connectivity index (χ4v) is 2.52. The minimum Gasteiger partial charge on any atom is -0.481 e. The van der Waals surface area contributed by atoms with E-state index in [1.807, 2.05) is 0 Å². The third-order valence-electron chi connectivity index (χ3n) is 4.06. The molecule has 0 aliphatic rings. The van der Waals surface area contributed by atoms with Crippen LogP contribution in [-0.4, -0.2) is 33.0 Å². The molecular formula is C16H27NO4Si. The van der Waals surface area contributed by atoms with E-state index in [1.165, 1.54) is 6.20 Å². The molecule has 0 spiro atoms. The molecule has 0 aliphatic carbocycles. The molecule has 5 nitrogen and oxygen atoms in total. The first-order chi connectivity index (χ1) is 10.1. The Labute approximate surface area is 134 Å². The summed E-state index contributed by atoms with van der Waals surface area (Å²) < 4.78 is 16.4. The predicted molar refractivity (Wildman–Crippen MR) is 88.7 cm³/mol. The summed E-state index contributed by atoms with van der Waals surface area (Å²) in [4.78, 5) is 16.1. The highest BCUT2D eigenvalue weighted by molar-refractivity contribution is 6.74. The molecule has 0 fully saturated rings. The van der Waals surface area contributed by atoms with Gasteiger partial charge in [-0.3, -0.25) is 0 Å². The predicted octanol–water partition coefficient (Wildman–Crippen LogP) is 3.79. The number of hydrogen-bond donors (Lipinski definition) is 0. The van der Waals surface area contributed by atoms with Gasteiger partial charge in [-0.1, -0.05) is 20.8 Å². The van der Waals surface area contributed by atoms with Gasteiger partial charge in [-0.05, 0) is 30.6 Å². The van der Waals surface area contributed by atoms with Gasteiger partial charge in [0, 0.05) is 12.3 Å². The SMILES string of the molecule is CCOC(=O)c1cnc(OC)cc1CO[Si](C)(C)C(C)(C)C. The van der Waals surface area contributed by atoms with Crippen molar-refractivity contribution in [1.29, 1.82) is 0 Å². The van der Waals surface area contributed by atoms with Gasteiger partial charge in [0.25, 0.3) is 0 Å². The lowest BCUT2D eigenvalue weighted by Gasteiger charge is -2.36. The van der Waals surface area contributed by atoms with E-state index in [-0.39, 0.29) is 11.0 Å². The molecule has 0 aliphatic heterocycles. The molecule has 1 aromatic rings. The second-order valence-corrected chi connectivity index (χ2v) is 11.5. The van der Waals surface area contributed by atoms with Crippen LogP contribution in [0, 0.1) is 0 Å². The molecule has 0 amide bonds.